The third-order valence-corrected chi connectivity index (χ3v) is 5.55. The van der Waals surface area contributed by atoms with Gasteiger partial charge < -0.3 is 14.6 Å². The van der Waals surface area contributed by atoms with Crippen LogP contribution in [0.5, 0.6) is 0 Å². The van der Waals surface area contributed by atoms with Gasteiger partial charge in [0.25, 0.3) is 0 Å². The molecule has 1 aromatic heterocycles. The fourth-order valence-electron chi connectivity index (χ4n) is 3.70. The minimum absolute atomic E-state index is 0.155. The number of likely N-dealkylation sites (N-methyl/N-ethyl adjacent to an activating group) is 1. The zero-order chi connectivity index (χ0) is 19.6. The molecular weight excluding hydrogens is 370 g/mol. The third kappa shape index (κ3) is 3.70. The van der Waals surface area contributed by atoms with E-state index in [1.165, 1.54) is 13.4 Å². The maximum absolute atomic E-state index is 13.0. The van der Waals surface area contributed by atoms with Gasteiger partial charge in [-0.05, 0) is 38.1 Å². The van der Waals surface area contributed by atoms with E-state index in [2.05, 4.69) is 10.5 Å². The fourth-order valence-corrected chi connectivity index (χ4v) is 3.82. The van der Waals surface area contributed by atoms with Crippen LogP contribution in [0.2, 0.25) is 5.02 Å². The van der Waals surface area contributed by atoms with Gasteiger partial charge in [0.05, 0.1) is 19.6 Å². The Balaban J connectivity index is 1.88. The molecule has 0 bridgehead atoms. The van der Waals surface area contributed by atoms with Crippen LogP contribution in [0.15, 0.2) is 41.1 Å². The Bertz CT molecular complexity index is 809. The molecule has 1 aromatic carbocycles. The number of nitrogens with zero attached hydrogens (tertiary/aromatic N) is 2. The highest BCUT2D eigenvalue weighted by Gasteiger charge is 2.54. The molecule has 27 heavy (non-hydrogen) atoms. The average molecular weight is 392 g/mol. The molecule has 2 heterocycles. The summed E-state index contributed by atoms with van der Waals surface area (Å²) in [6, 6.07) is 8.72. The van der Waals surface area contributed by atoms with Crippen LogP contribution in [0.3, 0.4) is 0 Å². The van der Waals surface area contributed by atoms with Gasteiger partial charge in [-0.3, -0.25) is 14.5 Å². The highest BCUT2D eigenvalue weighted by atomic mass is 35.5. The van der Waals surface area contributed by atoms with Crippen molar-refractivity contribution in [1.29, 1.82) is 0 Å². The van der Waals surface area contributed by atoms with E-state index in [4.69, 9.17) is 20.9 Å². The van der Waals surface area contributed by atoms with Crippen LogP contribution in [-0.4, -0.2) is 41.6 Å². The summed E-state index contributed by atoms with van der Waals surface area (Å²) in [5.41, 5.74) is 0.638. The van der Waals surface area contributed by atoms with E-state index < -0.39 is 11.5 Å². The number of aromatic nitrogens is 1. The Morgan fingerprint density at radius 1 is 1.37 bits per heavy atom. The van der Waals surface area contributed by atoms with Gasteiger partial charge in [0.15, 0.2) is 0 Å². The zero-order valence-electron chi connectivity index (χ0n) is 15.4. The van der Waals surface area contributed by atoms with Gasteiger partial charge in [-0.25, -0.2) is 0 Å². The van der Waals surface area contributed by atoms with Crippen molar-refractivity contribution in [2.75, 3.05) is 14.2 Å². The summed E-state index contributed by atoms with van der Waals surface area (Å²) in [6.45, 7) is 2.06. The molecule has 7 nitrogen and oxygen atoms in total. The number of carbonyl (C=O) groups is 2. The van der Waals surface area contributed by atoms with Crippen molar-refractivity contribution in [2.24, 2.45) is 5.92 Å². The van der Waals surface area contributed by atoms with E-state index in [1.807, 2.05) is 24.1 Å². The normalized spacial score (nSPS) is 25.3. The standard InChI is InChI=1S/C19H22ClN3O4/c1-19(18(25)26-3)10-15(17(24)21-11-14-8-9-27-22-14)16(23(19)2)12-4-6-13(20)7-5-12/h4-9,15-16H,10-11H2,1-3H3,(H,21,24)/t15-,16-,19-/m0/s1. The Morgan fingerprint density at radius 2 is 2.07 bits per heavy atom. The quantitative estimate of drug-likeness (QED) is 0.788. The summed E-state index contributed by atoms with van der Waals surface area (Å²) in [5, 5.41) is 7.30. The monoisotopic (exact) mass is 391 g/mol. The van der Waals surface area contributed by atoms with Crippen molar-refractivity contribution in [2.45, 2.75) is 31.5 Å². The molecule has 1 saturated heterocycles. The summed E-state index contributed by atoms with van der Waals surface area (Å²) >= 11 is 6.01. The van der Waals surface area contributed by atoms with Crippen LogP contribution in [0.1, 0.15) is 30.6 Å². The number of amides is 1. The number of hydrogen-bond donors (Lipinski definition) is 1. The van der Waals surface area contributed by atoms with Crippen molar-refractivity contribution in [1.82, 2.24) is 15.4 Å². The second-order valence-corrected chi connectivity index (χ2v) is 7.33. The minimum atomic E-state index is -0.908. The zero-order valence-corrected chi connectivity index (χ0v) is 16.2. The van der Waals surface area contributed by atoms with Crippen LogP contribution >= 0.6 is 11.6 Å². The van der Waals surface area contributed by atoms with E-state index in [0.29, 0.717) is 17.1 Å². The van der Waals surface area contributed by atoms with Crippen LogP contribution < -0.4 is 5.32 Å². The molecule has 0 radical (unpaired) electrons. The first kappa shape index (κ1) is 19.4. The molecule has 1 fully saturated rings. The van der Waals surface area contributed by atoms with E-state index >= 15 is 0 Å². The maximum atomic E-state index is 13.0. The number of likely N-dealkylation sites (tertiary alicyclic amines) is 1. The largest absolute Gasteiger partial charge is 0.468 e. The number of benzene rings is 1. The summed E-state index contributed by atoms with van der Waals surface area (Å²) in [5.74, 6) is -0.958. The molecule has 0 unspecified atom stereocenters. The second kappa shape index (κ2) is 7.70. The van der Waals surface area contributed by atoms with Crippen molar-refractivity contribution >= 4 is 23.5 Å². The Kier molecular flexibility index (Phi) is 5.53. The molecule has 3 atom stereocenters. The molecule has 1 aliphatic rings. The van der Waals surface area contributed by atoms with Gasteiger partial charge >= 0.3 is 5.97 Å². The van der Waals surface area contributed by atoms with Gasteiger partial charge in [0.2, 0.25) is 5.91 Å². The van der Waals surface area contributed by atoms with E-state index in [1.54, 1.807) is 25.1 Å². The first-order chi connectivity index (χ1) is 12.9. The second-order valence-electron chi connectivity index (χ2n) is 6.89. The van der Waals surface area contributed by atoms with Crippen molar-refractivity contribution in [3.63, 3.8) is 0 Å². The molecule has 144 valence electrons. The first-order valence-corrected chi connectivity index (χ1v) is 8.98. The van der Waals surface area contributed by atoms with E-state index in [-0.39, 0.29) is 24.5 Å². The van der Waals surface area contributed by atoms with E-state index in [9.17, 15) is 9.59 Å². The predicted octanol–water partition coefficient (Wildman–Crippen LogP) is 2.57. The lowest BCUT2D eigenvalue weighted by Crippen LogP contribution is -2.47. The average Bonchev–Trinajstić information content (AvgIpc) is 3.27. The molecule has 1 amide bonds. The first-order valence-electron chi connectivity index (χ1n) is 8.60. The summed E-state index contributed by atoms with van der Waals surface area (Å²) < 4.78 is 9.79. The summed E-state index contributed by atoms with van der Waals surface area (Å²) in [4.78, 5) is 27.3. The predicted molar refractivity (Wildman–Crippen MR) is 98.8 cm³/mol. The van der Waals surface area contributed by atoms with Gasteiger partial charge in [-0.15, -0.1) is 0 Å². The highest BCUT2D eigenvalue weighted by molar-refractivity contribution is 6.30. The Morgan fingerprint density at radius 3 is 2.67 bits per heavy atom. The summed E-state index contributed by atoms with van der Waals surface area (Å²) in [7, 11) is 3.19. The molecule has 8 heteroatoms. The van der Waals surface area contributed by atoms with Crippen LogP contribution in [0.4, 0.5) is 0 Å². The lowest BCUT2D eigenvalue weighted by molar-refractivity contribution is -0.152. The molecule has 3 rings (SSSR count). The number of nitrogens with one attached hydrogen (secondary N) is 1. The van der Waals surface area contributed by atoms with E-state index in [0.717, 1.165) is 5.56 Å². The summed E-state index contributed by atoms with van der Waals surface area (Å²) in [6.07, 6.45) is 1.80. The molecule has 1 N–H and O–H groups in total. The SMILES string of the molecule is COC(=O)[C@]1(C)C[C@H](C(=O)NCc2ccon2)[C@H](c2ccc(Cl)cc2)N1C. The lowest BCUT2D eigenvalue weighted by Gasteiger charge is -2.33. The van der Waals surface area contributed by atoms with Crippen LogP contribution in [-0.2, 0) is 20.9 Å². The van der Waals surface area contributed by atoms with Gasteiger partial charge in [0.1, 0.15) is 17.5 Å². The van der Waals surface area contributed by atoms with Crippen molar-refractivity contribution in [3.8, 4) is 0 Å². The van der Waals surface area contributed by atoms with Gasteiger partial charge in [-0.1, -0.05) is 28.9 Å². The van der Waals surface area contributed by atoms with Crippen molar-refractivity contribution in [3.05, 3.63) is 52.9 Å². The number of esters is 1. The van der Waals surface area contributed by atoms with Crippen molar-refractivity contribution < 1.29 is 18.8 Å². The molecule has 0 saturated carbocycles. The lowest BCUT2D eigenvalue weighted by atomic mass is 9.89. The Labute approximate surface area is 162 Å². The van der Waals surface area contributed by atoms with Gasteiger partial charge in [-0.2, -0.15) is 0 Å². The topological polar surface area (TPSA) is 84.7 Å². The highest BCUT2D eigenvalue weighted by Crippen LogP contribution is 2.46. The van der Waals surface area contributed by atoms with Crippen LogP contribution in [0, 0.1) is 5.92 Å². The number of methoxy groups -OCH3 is 1. The number of halogens is 1. The number of ether oxygens (including phenoxy) is 1. The number of carbonyl (C=O) groups excluding carboxylic acids is 2. The number of rotatable bonds is 5. The molecule has 0 aliphatic carbocycles. The van der Waals surface area contributed by atoms with Gasteiger partial charge in [0, 0.05) is 17.1 Å². The molecular formula is C19H22ClN3O4. The third-order valence-electron chi connectivity index (χ3n) is 5.30. The maximum Gasteiger partial charge on any atom is 0.326 e. The Hall–Kier alpha value is -2.38. The van der Waals surface area contributed by atoms with Crippen LogP contribution in [0.25, 0.3) is 0 Å². The minimum Gasteiger partial charge on any atom is -0.468 e. The molecule has 0 spiro atoms. The number of hydrogen-bond acceptors (Lipinski definition) is 6. The smallest absolute Gasteiger partial charge is 0.326 e. The fraction of sp³-hybridized carbons (Fsp3) is 0.421. The molecule has 1 aliphatic heterocycles. The molecule has 2 aromatic rings.